The van der Waals surface area contributed by atoms with Crippen LogP contribution < -0.4 is 10.2 Å². The van der Waals surface area contributed by atoms with E-state index in [9.17, 15) is 9.59 Å². The number of carbonyl (C=O) groups excluding carboxylic acids is 2. The number of amides is 2. The second kappa shape index (κ2) is 7.66. The van der Waals surface area contributed by atoms with E-state index in [4.69, 9.17) is 4.74 Å². The molecule has 1 aliphatic rings. The van der Waals surface area contributed by atoms with Gasteiger partial charge in [0, 0.05) is 24.0 Å². The minimum absolute atomic E-state index is 0.199. The van der Waals surface area contributed by atoms with Crippen molar-refractivity contribution < 1.29 is 14.3 Å². The van der Waals surface area contributed by atoms with E-state index in [2.05, 4.69) is 22.2 Å². The molecule has 2 heterocycles. The van der Waals surface area contributed by atoms with Gasteiger partial charge in [0.1, 0.15) is 17.5 Å². The number of hydrogen-bond donors (Lipinski definition) is 2. The summed E-state index contributed by atoms with van der Waals surface area (Å²) in [7, 11) is 0. The van der Waals surface area contributed by atoms with Gasteiger partial charge in [-0.15, -0.1) is 0 Å². The fourth-order valence-electron chi connectivity index (χ4n) is 3.36. The SMILES string of the molecule is CCc1cnc(C2Cc3ccccc3N2C(=O)C(C)NC(=O)OC(C)(C)C)[nH]1. The Hall–Kier alpha value is -2.83. The van der Waals surface area contributed by atoms with E-state index in [1.807, 2.05) is 30.5 Å². The highest BCUT2D eigenvalue weighted by atomic mass is 16.6. The van der Waals surface area contributed by atoms with Gasteiger partial charge in [0.15, 0.2) is 0 Å². The number of anilines is 1. The minimum atomic E-state index is -0.732. The van der Waals surface area contributed by atoms with Crippen LogP contribution in [0.1, 0.15) is 57.7 Å². The quantitative estimate of drug-likeness (QED) is 0.844. The zero-order valence-corrected chi connectivity index (χ0v) is 17.1. The standard InChI is InChI=1S/C21H28N4O3/c1-6-15-12-22-18(24-15)17-11-14-9-7-8-10-16(14)25(17)19(26)13(2)23-20(27)28-21(3,4)5/h7-10,12-13,17H,6,11H2,1-5H3,(H,22,24)(H,23,27). The van der Waals surface area contributed by atoms with E-state index < -0.39 is 17.7 Å². The molecule has 1 aromatic carbocycles. The Bertz CT molecular complexity index is 869. The third-order valence-corrected chi connectivity index (χ3v) is 4.66. The topological polar surface area (TPSA) is 87.3 Å². The van der Waals surface area contributed by atoms with E-state index in [1.165, 1.54) is 0 Å². The molecule has 2 aromatic rings. The number of alkyl carbamates (subject to hydrolysis) is 1. The maximum atomic E-state index is 13.3. The first-order chi connectivity index (χ1) is 13.2. The van der Waals surface area contributed by atoms with Gasteiger partial charge < -0.3 is 15.0 Å². The highest BCUT2D eigenvalue weighted by molar-refractivity contribution is 6.00. The highest BCUT2D eigenvalue weighted by Gasteiger charge is 2.38. The molecule has 0 aliphatic carbocycles. The van der Waals surface area contributed by atoms with Gasteiger partial charge in [-0.1, -0.05) is 25.1 Å². The molecule has 0 saturated carbocycles. The summed E-state index contributed by atoms with van der Waals surface area (Å²) in [6.07, 6.45) is 2.72. The molecule has 0 bridgehead atoms. The van der Waals surface area contributed by atoms with Crippen LogP contribution >= 0.6 is 0 Å². The zero-order valence-electron chi connectivity index (χ0n) is 17.1. The molecule has 28 heavy (non-hydrogen) atoms. The van der Waals surface area contributed by atoms with Crippen molar-refractivity contribution in [2.24, 2.45) is 0 Å². The van der Waals surface area contributed by atoms with Crippen LogP contribution in [0.3, 0.4) is 0 Å². The number of nitrogens with one attached hydrogen (secondary N) is 2. The van der Waals surface area contributed by atoms with Crippen LogP contribution in [0.25, 0.3) is 0 Å². The van der Waals surface area contributed by atoms with Crippen LogP contribution in [0.15, 0.2) is 30.5 Å². The molecule has 2 amide bonds. The van der Waals surface area contributed by atoms with Crippen LogP contribution in [0.2, 0.25) is 0 Å². The number of carbonyl (C=O) groups is 2. The molecule has 3 rings (SSSR count). The third kappa shape index (κ3) is 4.18. The molecule has 7 nitrogen and oxygen atoms in total. The van der Waals surface area contributed by atoms with Crippen molar-refractivity contribution >= 4 is 17.7 Å². The lowest BCUT2D eigenvalue weighted by atomic mass is 10.1. The molecule has 2 unspecified atom stereocenters. The number of para-hydroxylation sites is 1. The first kappa shape index (κ1) is 19.9. The Balaban J connectivity index is 1.84. The van der Waals surface area contributed by atoms with Crippen LogP contribution in [-0.2, 0) is 22.4 Å². The molecule has 1 aliphatic heterocycles. The average molecular weight is 384 g/mol. The summed E-state index contributed by atoms with van der Waals surface area (Å²) in [6.45, 7) is 9.08. The second-order valence-corrected chi connectivity index (χ2v) is 8.07. The number of hydrogen-bond acceptors (Lipinski definition) is 4. The zero-order chi connectivity index (χ0) is 20.5. The van der Waals surface area contributed by atoms with Gasteiger partial charge in [0.2, 0.25) is 5.91 Å². The summed E-state index contributed by atoms with van der Waals surface area (Å²) in [5.41, 5.74) is 2.34. The fourth-order valence-corrected chi connectivity index (χ4v) is 3.36. The van der Waals surface area contributed by atoms with Crippen LogP contribution in [0.5, 0.6) is 0 Å². The van der Waals surface area contributed by atoms with E-state index in [0.29, 0.717) is 6.42 Å². The molecule has 0 spiro atoms. The molecule has 0 saturated heterocycles. The number of nitrogens with zero attached hydrogens (tertiary/aromatic N) is 2. The summed E-state index contributed by atoms with van der Waals surface area (Å²) in [4.78, 5) is 34.9. The predicted octanol–water partition coefficient (Wildman–Crippen LogP) is 3.52. The number of imidazole rings is 1. The van der Waals surface area contributed by atoms with E-state index in [1.54, 1.807) is 32.6 Å². The van der Waals surface area contributed by atoms with Gasteiger partial charge in [0.05, 0.1) is 6.04 Å². The highest BCUT2D eigenvalue weighted by Crippen LogP contribution is 2.39. The van der Waals surface area contributed by atoms with Gasteiger partial charge in [-0.3, -0.25) is 9.69 Å². The van der Waals surface area contributed by atoms with Crippen LogP contribution in [-0.4, -0.2) is 33.6 Å². The van der Waals surface area contributed by atoms with Crippen molar-refractivity contribution in [2.75, 3.05) is 4.90 Å². The van der Waals surface area contributed by atoms with Crippen molar-refractivity contribution in [3.05, 3.63) is 47.5 Å². The summed E-state index contributed by atoms with van der Waals surface area (Å²) in [5, 5.41) is 2.65. The third-order valence-electron chi connectivity index (χ3n) is 4.66. The second-order valence-electron chi connectivity index (χ2n) is 8.07. The number of fused-ring (bicyclic) bond motifs is 1. The van der Waals surface area contributed by atoms with E-state index in [0.717, 1.165) is 29.2 Å². The number of aromatic nitrogens is 2. The average Bonchev–Trinajstić information content (AvgIpc) is 3.23. The van der Waals surface area contributed by atoms with Gasteiger partial charge in [-0.05, 0) is 45.7 Å². The lowest BCUT2D eigenvalue weighted by Crippen LogP contribution is -2.48. The summed E-state index contributed by atoms with van der Waals surface area (Å²) >= 11 is 0. The predicted molar refractivity (Wildman–Crippen MR) is 107 cm³/mol. The number of aromatic amines is 1. The van der Waals surface area contributed by atoms with Gasteiger partial charge in [-0.2, -0.15) is 0 Å². The number of rotatable bonds is 4. The van der Waals surface area contributed by atoms with E-state index >= 15 is 0 Å². The molecule has 0 radical (unpaired) electrons. The van der Waals surface area contributed by atoms with Crippen LogP contribution in [0, 0.1) is 0 Å². The first-order valence-corrected chi connectivity index (χ1v) is 9.64. The molecule has 7 heteroatoms. The smallest absolute Gasteiger partial charge is 0.408 e. The van der Waals surface area contributed by atoms with E-state index in [-0.39, 0.29) is 11.9 Å². The largest absolute Gasteiger partial charge is 0.444 e. The molecule has 0 fully saturated rings. The van der Waals surface area contributed by atoms with Gasteiger partial charge in [0.25, 0.3) is 0 Å². The molecular weight excluding hydrogens is 356 g/mol. The Labute approximate surface area is 165 Å². The van der Waals surface area contributed by atoms with Crippen molar-refractivity contribution in [1.82, 2.24) is 15.3 Å². The summed E-state index contributed by atoms with van der Waals surface area (Å²) < 4.78 is 5.28. The van der Waals surface area contributed by atoms with Crippen molar-refractivity contribution in [3.8, 4) is 0 Å². The lowest BCUT2D eigenvalue weighted by Gasteiger charge is -2.28. The normalized spacial score (nSPS) is 17.2. The van der Waals surface area contributed by atoms with Crippen molar-refractivity contribution in [1.29, 1.82) is 0 Å². The van der Waals surface area contributed by atoms with Crippen molar-refractivity contribution in [3.63, 3.8) is 0 Å². The molecule has 1 aromatic heterocycles. The Morgan fingerprint density at radius 2 is 2.07 bits per heavy atom. The molecule has 150 valence electrons. The Kier molecular flexibility index (Phi) is 5.45. The van der Waals surface area contributed by atoms with Gasteiger partial charge in [-0.25, -0.2) is 9.78 Å². The first-order valence-electron chi connectivity index (χ1n) is 9.64. The Morgan fingerprint density at radius 1 is 1.36 bits per heavy atom. The minimum Gasteiger partial charge on any atom is -0.444 e. The number of aryl methyl sites for hydroxylation is 1. The maximum absolute atomic E-state index is 13.3. The summed E-state index contributed by atoms with van der Waals surface area (Å²) in [5.74, 6) is 0.557. The number of ether oxygens (including phenoxy) is 1. The summed E-state index contributed by atoms with van der Waals surface area (Å²) in [6, 6.07) is 6.86. The molecular formula is C21H28N4O3. The lowest BCUT2D eigenvalue weighted by molar-refractivity contribution is -0.120. The Morgan fingerprint density at radius 3 is 2.71 bits per heavy atom. The van der Waals surface area contributed by atoms with Gasteiger partial charge >= 0.3 is 6.09 Å². The molecule has 2 atom stereocenters. The number of H-pyrrole nitrogens is 1. The molecule has 2 N–H and O–H groups in total. The fraction of sp³-hybridized carbons (Fsp3) is 0.476. The maximum Gasteiger partial charge on any atom is 0.408 e. The number of benzene rings is 1. The van der Waals surface area contributed by atoms with Crippen molar-refractivity contribution in [2.45, 2.75) is 65.1 Å². The van der Waals surface area contributed by atoms with Crippen LogP contribution in [0.4, 0.5) is 10.5 Å². The monoisotopic (exact) mass is 384 g/mol.